The van der Waals surface area contributed by atoms with Gasteiger partial charge in [0.1, 0.15) is 21.7 Å². The molecule has 4 aromatic heterocycles. The van der Waals surface area contributed by atoms with Gasteiger partial charge in [-0.15, -0.1) is 22.7 Å². The van der Waals surface area contributed by atoms with E-state index in [4.69, 9.17) is 19.9 Å². The van der Waals surface area contributed by atoms with Gasteiger partial charge in [-0.3, -0.25) is 9.80 Å². The third-order valence-electron chi connectivity index (χ3n) is 10.4. The molecule has 0 amide bonds. The summed E-state index contributed by atoms with van der Waals surface area (Å²) in [5.41, 5.74) is 8.36. The second kappa shape index (κ2) is 14.4. The smallest absolute Gasteiger partial charge is 0.137 e. The van der Waals surface area contributed by atoms with Gasteiger partial charge in [-0.25, -0.2) is 19.9 Å². The molecule has 0 aliphatic heterocycles. The molecule has 0 aliphatic rings. The van der Waals surface area contributed by atoms with E-state index in [1.807, 2.05) is 48.8 Å². The van der Waals surface area contributed by atoms with Gasteiger partial charge >= 0.3 is 0 Å². The monoisotopic (exact) mass is 780 g/mol. The predicted octanol–water partition coefficient (Wildman–Crippen LogP) is 14.3. The van der Waals surface area contributed by atoms with Crippen LogP contribution < -0.4 is 9.80 Å². The van der Waals surface area contributed by atoms with Gasteiger partial charge < -0.3 is 0 Å². The van der Waals surface area contributed by atoms with Gasteiger partial charge in [-0.05, 0) is 143 Å². The lowest BCUT2D eigenvalue weighted by atomic mass is 10.00. The number of nitrogens with zero attached hydrogens (tertiary/aromatic N) is 6. The third-order valence-corrected chi connectivity index (χ3v) is 12.6. The van der Waals surface area contributed by atoms with E-state index in [1.54, 1.807) is 22.7 Å². The summed E-state index contributed by atoms with van der Waals surface area (Å²) in [7, 11) is 0. The molecule has 0 aliphatic carbocycles. The van der Waals surface area contributed by atoms with Crippen LogP contribution in [0.3, 0.4) is 0 Å². The number of hydrogen-bond acceptors (Lipinski definition) is 8. The predicted molar refractivity (Wildman–Crippen MR) is 244 cm³/mol. The molecule has 0 atom stereocenters. The molecule has 4 heterocycles. The van der Waals surface area contributed by atoms with E-state index in [9.17, 15) is 0 Å². The van der Waals surface area contributed by atoms with Crippen molar-refractivity contribution in [3.63, 3.8) is 0 Å². The first-order chi connectivity index (χ1) is 28.7. The van der Waals surface area contributed by atoms with E-state index < -0.39 is 0 Å². The Morgan fingerprint density at radius 1 is 0.362 bits per heavy atom. The lowest BCUT2D eigenvalue weighted by Crippen LogP contribution is -2.11. The third kappa shape index (κ3) is 6.21. The van der Waals surface area contributed by atoms with Crippen molar-refractivity contribution in [2.75, 3.05) is 9.80 Å². The summed E-state index contributed by atoms with van der Waals surface area (Å²) in [6.45, 7) is 0. The Labute approximate surface area is 342 Å². The molecule has 8 heteroatoms. The van der Waals surface area contributed by atoms with E-state index in [-0.39, 0.29) is 0 Å². The molecular weight excluding hydrogens is 749 g/mol. The van der Waals surface area contributed by atoms with Crippen molar-refractivity contribution in [2.45, 2.75) is 0 Å². The zero-order valence-corrected chi connectivity index (χ0v) is 32.6. The van der Waals surface area contributed by atoms with Crippen LogP contribution in [0.4, 0.5) is 34.4 Å². The highest BCUT2D eigenvalue weighted by molar-refractivity contribution is 7.22. The SMILES string of the molecule is c1ccc(N(c2ccc(-c3nc4ccccc4s3)cc2)c2ccc3c(ccc4cc(N(c5ccc(-c6nc7ccccc7s6)cc5)c5ccccn5)ccc43)c2)nc1. The molecule has 58 heavy (non-hydrogen) atoms. The van der Waals surface area contributed by atoms with Crippen molar-refractivity contribution in [1.82, 2.24) is 19.9 Å². The number of pyridine rings is 2. The van der Waals surface area contributed by atoms with E-state index in [2.05, 4.69) is 155 Å². The first-order valence-electron chi connectivity index (χ1n) is 19.0. The van der Waals surface area contributed by atoms with Crippen molar-refractivity contribution in [3.8, 4) is 21.1 Å². The topological polar surface area (TPSA) is 58.0 Å². The number of aromatic nitrogens is 4. The van der Waals surface area contributed by atoms with Crippen LogP contribution >= 0.6 is 22.7 Å². The van der Waals surface area contributed by atoms with Crippen molar-refractivity contribution in [1.29, 1.82) is 0 Å². The summed E-state index contributed by atoms with van der Waals surface area (Å²) < 4.78 is 2.38. The fraction of sp³-hybridized carbons (Fsp3) is 0. The van der Waals surface area contributed by atoms with Gasteiger partial charge in [-0.1, -0.05) is 60.7 Å². The van der Waals surface area contributed by atoms with Crippen LogP contribution in [0.2, 0.25) is 0 Å². The number of benzene rings is 7. The van der Waals surface area contributed by atoms with Crippen LogP contribution in [0, 0.1) is 0 Å². The molecule has 0 fully saturated rings. The van der Waals surface area contributed by atoms with Crippen LogP contribution in [-0.2, 0) is 0 Å². The van der Waals surface area contributed by atoms with Gasteiger partial charge in [0, 0.05) is 46.3 Å². The zero-order chi connectivity index (χ0) is 38.4. The van der Waals surface area contributed by atoms with Gasteiger partial charge in [0.25, 0.3) is 0 Å². The highest BCUT2D eigenvalue weighted by Crippen LogP contribution is 2.41. The van der Waals surface area contributed by atoms with Crippen LogP contribution in [0.5, 0.6) is 0 Å². The standard InChI is InChI=1S/C50H32N6S2/c1-3-11-45-43(9-1)53-49(57-45)33-17-21-37(22-18-33)55(47-13-5-7-29-51-47)39-25-27-41-35(31-39)15-16-36-32-40(26-28-42(36)41)56(48-14-6-8-30-52-48)38-23-19-34(20-24-38)50-54-44-10-2-4-12-46(44)58-50/h1-32H. The summed E-state index contributed by atoms with van der Waals surface area (Å²) in [5.74, 6) is 1.70. The number of hydrogen-bond donors (Lipinski definition) is 0. The first-order valence-corrected chi connectivity index (χ1v) is 20.7. The van der Waals surface area contributed by atoms with Gasteiger partial charge in [0.2, 0.25) is 0 Å². The largest absolute Gasteiger partial charge is 0.295 e. The summed E-state index contributed by atoms with van der Waals surface area (Å²) >= 11 is 3.43. The molecular formula is C50H32N6S2. The maximum Gasteiger partial charge on any atom is 0.137 e. The number of para-hydroxylation sites is 2. The second-order valence-electron chi connectivity index (χ2n) is 14.0. The second-order valence-corrected chi connectivity index (χ2v) is 16.1. The number of rotatable bonds is 8. The average molecular weight is 781 g/mol. The van der Waals surface area contributed by atoms with Gasteiger partial charge in [0.15, 0.2) is 0 Å². The molecule has 0 unspecified atom stereocenters. The highest BCUT2D eigenvalue weighted by atomic mass is 32.1. The molecule has 7 aromatic carbocycles. The highest BCUT2D eigenvalue weighted by Gasteiger charge is 2.18. The van der Waals surface area contributed by atoms with Crippen LogP contribution in [0.15, 0.2) is 194 Å². The maximum absolute atomic E-state index is 4.88. The number of anilines is 6. The van der Waals surface area contributed by atoms with Crippen LogP contribution in [0.25, 0.3) is 63.1 Å². The molecule has 0 bridgehead atoms. The Kier molecular flexibility index (Phi) is 8.42. The lowest BCUT2D eigenvalue weighted by Gasteiger charge is -2.25. The molecule has 0 spiro atoms. The fourth-order valence-electron chi connectivity index (χ4n) is 7.62. The summed E-state index contributed by atoms with van der Waals surface area (Å²) in [6, 6.07) is 63.7. The Bertz CT molecular complexity index is 2950. The first kappa shape index (κ1) is 34.0. The number of thiazole rings is 2. The molecule has 274 valence electrons. The van der Waals surface area contributed by atoms with Crippen molar-refractivity contribution in [3.05, 3.63) is 194 Å². The molecule has 11 rings (SSSR count). The summed E-state index contributed by atoms with van der Waals surface area (Å²) in [4.78, 5) is 23.7. The van der Waals surface area contributed by atoms with E-state index >= 15 is 0 Å². The lowest BCUT2D eigenvalue weighted by molar-refractivity contribution is 1.18. The molecule has 0 radical (unpaired) electrons. The summed E-state index contributed by atoms with van der Waals surface area (Å²) in [5, 5.41) is 6.70. The Morgan fingerprint density at radius 3 is 1.19 bits per heavy atom. The molecule has 6 nitrogen and oxygen atoms in total. The quantitative estimate of drug-likeness (QED) is 0.143. The summed E-state index contributed by atoms with van der Waals surface area (Å²) in [6.07, 6.45) is 3.68. The van der Waals surface area contributed by atoms with E-state index in [0.29, 0.717) is 0 Å². The Hall–Kier alpha value is -7.26. The minimum Gasteiger partial charge on any atom is -0.295 e. The maximum atomic E-state index is 4.88. The number of fused-ring (bicyclic) bond motifs is 5. The Balaban J connectivity index is 0.941. The fourth-order valence-corrected chi connectivity index (χ4v) is 9.56. The molecule has 0 N–H and O–H groups in total. The van der Waals surface area contributed by atoms with Gasteiger partial charge in [-0.2, -0.15) is 0 Å². The van der Waals surface area contributed by atoms with Crippen molar-refractivity contribution in [2.24, 2.45) is 0 Å². The Morgan fingerprint density at radius 2 is 0.776 bits per heavy atom. The molecule has 11 aromatic rings. The normalized spacial score (nSPS) is 11.4. The van der Waals surface area contributed by atoms with Crippen LogP contribution in [-0.4, -0.2) is 19.9 Å². The molecule has 0 saturated heterocycles. The average Bonchev–Trinajstić information content (AvgIpc) is 3.93. The molecule has 0 saturated carbocycles. The van der Waals surface area contributed by atoms with Crippen molar-refractivity contribution >= 4 is 99.0 Å². The zero-order valence-electron chi connectivity index (χ0n) is 31.0. The van der Waals surface area contributed by atoms with Crippen LogP contribution in [0.1, 0.15) is 0 Å². The van der Waals surface area contributed by atoms with Gasteiger partial charge in [0.05, 0.1) is 20.4 Å². The minimum absolute atomic E-state index is 0.850. The van der Waals surface area contributed by atoms with E-state index in [0.717, 1.165) is 77.3 Å². The van der Waals surface area contributed by atoms with E-state index in [1.165, 1.54) is 20.2 Å². The van der Waals surface area contributed by atoms with Crippen molar-refractivity contribution < 1.29 is 0 Å². The minimum atomic E-state index is 0.850.